The van der Waals surface area contributed by atoms with Crippen LogP contribution in [-0.4, -0.2) is 9.55 Å². The van der Waals surface area contributed by atoms with Gasteiger partial charge in [0.15, 0.2) is 10.8 Å². The van der Waals surface area contributed by atoms with E-state index in [1.54, 1.807) is 0 Å². The molecule has 1 aromatic rings. The Kier molecular flexibility index (Phi) is 2.22. The molecular weight excluding hydrogens is 222 g/mol. The first-order valence-corrected chi connectivity index (χ1v) is 6.27. The minimum Gasteiger partial charge on any atom is -0.318 e. The molecule has 0 saturated heterocycles. The van der Waals surface area contributed by atoms with E-state index in [1.165, 1.54) is 32.1 Å². The van der Waals surface area contributed by atoms with Gasteiger partial charge in [0.2, 0.25) is 0 Å². The third-order valence-corrected chi connectivity index (χ3v) is 4.31. The Balaban J connectivity index is 1.95. The second-order valence-electron chi connectivity index (χ2n) is 5.10. The normalized spacial score (nSPS) is 22.0. The fourth-order valence-corrected chi connectivity index (χ4v) is 3.48. The van der Waals surface area contributed by atoms with Gasteiger partial charge in [-0.25, -0.2) is 4.98 Å². The lowest BCUT2D eigenvalue weighted by Crippen LogP contribution is -2.26. The minimum absolute atomic E-state index is 0.378. The highest BCUT2D eigenvalue weighted by Crippen LogP contribution is 2.45. The van der Waals surface area contributed by atoms with Crippen molar-refractivity contribution in [3.63, 3.8) is 0 Å². The number of imidazole rings is 1. The van der Waals surface area contributed by atoms with Gasteiger partial charge in [-0.15, -0.1) is 0 Å². The molecule has 0 radical (unpaired) electrons. The van der Waals surface area contributed by atoms with Crippen molar-refractivity contribution in [1.82, 2.24) is 9.55 Å². The summed E-state index contributed by atoms with van der Waals surface area (Å²) in [7, 11) is 0. The first-order valence-electron chi connectivity index (χ1n) is 5.89. The monoisotopic (exact) mass is 235 g/mol. The average Bonchev–Trinajstić information content (AvgIpc) is 2.72. The van der Waals surface area contributed by atoms with Crippen LogP contribution in [0.2, 0.25) is 5.15 Å². The molecule has 0 unspecified atom stereocenters. The van der Waals surface area contributed by atoms with Gasteiger partial charge >= 0.3 is 0 Å². The van der Waals surface area contributed by atoms with E-state index in [2.05, 4.69) is 11.1 Å². The average molecular weight is 236 g/mol. The second-order valence-corrected chi connectivity index (χ2v) is 5.46. The number of halogens is 1. The summed E-state index contributed by atoms with van der Waals surface area (Å²) in [6, 6.07) is 2.17. The van der Waals surface area contributed by atoms with Crippen molar-refractivity contribution in [2.75, 3.05) is 0 Å². The molecule has 0 bridgehead atoms. The summed E-state index contributed by atoms with van der Waals surface area (Å²) in [6.07, 6.45) is 7.56. The van der Waals surface area contributed by atoms with E-state index in [4.69, 9.17) is 16.9 Å². The SMILES string of the molecule is N#Cc1c(Cl)nc2n1CC1(CCCCC1)C2. The number of aromatic nitrogens is 2. The molecule has 4 heteroatoms. The van der Waals surface area contributed by atoms with Crippen LogP contribution in [0.3, 0.4) is 0 Å². The van der Waals surface area contributed by atoms with Crippen LogP contribution in [0.25, 0.3) is 0 Å². The standard InChI is InChI=1S/C12H14ClN3/c13-11-9(7-14)16-8-12(6-10(16)15-11)4-2-1-3-5-12/h1-6,8H2. The molecule has 1 aliphatic heterocycles. The molecule has 1 aromatic heterocycles. The first-order chi connectivity index (χ1) is 7.74. The van der Waals surface area contributed by atoms with E-state index in [1.807, 2.05) is 4.57 Å². The lowest BCUT2D eigenvalue weighted by Gasteiger charge is -2.32. The third kappa shape index (κ3) is 1.36. The molecule has 16 heavy (non-hydrogen) atoms. The Morgan fingerprint density at radius 3 is 2.75 bits per heavy atom. The fraction of sp³-hybridized carbons (Fsp3) is 0.667. The Morgan fingerprint density at radius 1 is 1.31 bits per heavy atom. The lowest BCUT2D eigenvalue weighted by atomic mass is 9.73. The van der Waals surface area contributed by atoms with Crippen molar-refractivity contribution < 1.29 is 0 Å². The number of hydrogen-bond acceptors (Lipinski definition) is 2. The van der Waals surface area contributed by atoms with E-state index >= 15 is 0 Å². The maximum Gasteiger partial charge on any atom is 0.165 e. The summed E-state index contributed by atoms with van der Waals surface area (Å²) in [6.45, 7) is 0.949. The maximum absolute atomic E-state index is 9.06. The van der Waals surface area contributed by atoms with Crippen LogP contribution < -0.4 is 0 Å². The van der Waals surface area contributed by atoms with Crippen molar-refractivity contribution >= 4 is 11.6 Å². The molecule has 1 aliphatic carbocycles. The quantitative estimate of drug-likeness (QED) is 0.694. The van der Waals surface area contributed by atoms with Gasteiger partial charge in [-0.05, 0) is 18.3 Å². The largest absolute Gasteiger partial charge is 0.318 e. The number of nitrogens with zero attached hydrogens (tertiary/aromatic N) is 3. The highest BCUT2D eigenvalue weighted by Gasteiger charge is 2.40. The third-order valence-electron chi connectivity index (χ3n) is 4.05. The number of rotatable bonds is 0. The highest BCUT2D eigenvalue weighted by molar-refractivity contribution is 6.30. The zero-order valence-corrected chi connectivity index (χ0v) is 9.93. The van der Waals surface area contributed by atoms with Crippen molar-refractivity contribution in [2.24, 2.45) is 5.41 Å². The van der Waals surface area contributed by atoms with E-state index in [-0.39, 0.29) is 0 Å². The molecule has 3 rings (SSSR count). The molecule has 1 saturated carbocycles. The molecule has 0 amide bonds. The zero-order chi connectivity index (χ0) is 11.2. The highest BCUT2D eigenvalue weighted by atomic mass is 35.5. The predicted octanol–water partition coefficient (Wildman–Crippen LogP) is 2.91. The van der Waals surface area contributed by atoms with E-state index in [0.717, 1.165) is 18.8 Å². The molecule has 1 spiro atoms. The summed E-state index contributed by atoms with van der Waals surface area (Å²) in [5.74, 6) is 1.02. The Hall–Kier alpha value is -1.01. The van der Waals surface area contributed by atoms with Crippen LogP contribution >= 0.6 is 11.6 Å². The van der Waals surface area contributed by atoms with Gasteiger partial charge in [-0.3, -0.25) is 0 Å². The number of nitriles is 1. The predicted molar refractivity (Wildman–Crippen MR) is 61.2 cm³/mol. The maximum atomic E-state index is 9.06. The summed E-state index contributed by atoms with van der Waals surface area (Å²) in [5.41, 5.74) is 0.940. The van der Waals surface area contributed by atoms with Crippen LogP contribution in [0.5, 0.6) is 0 Å². The lowest BCUT2D eigenvalue weighted by molar-refractivity contribution is 0.185. The van der Waals surface area contributed by atoms with Gasteiger partial charge < -0.3 is 4.57 Å². The van der Waals surface area contributed by atoms with Gasteiger partial charge in [0, 0.05) is 13.0 Å². The molecule has 84 valence electrons. The smallest absolute Gasteiger partial charge is 0.165 e. The summed E-state index contributed by atoms with van der Waals surface area (Å²) in [4.78, 5) is 4.32. The second kappa shape index (κ2) is 3.49. The molecule has 0 atom stereocenters. The van der Waals surface area contributed by atoms with Gasteiger partial charge in [0.25, 0.3) is 0 Å². The topological polar surface area (TPSA) is 41.6 Å². The molecule has 0 aromatic carbocycles. The first kappa shape index (κ1) is 10.2. The minimum atomic E-state index is 0.378. The van der Waals surface area contributed by atoms with Crippen molar-refractivity contribution in [3.8, 4) is 6.07 Å². The van der Waals surface area contributed by atoms with Crippen LogP contribution in [-0.2, 0) is 13.0 Å². The number of fused-ring (bicyclic) bond motifs is 1. The van der Waals surface area contributed by atoms with Gasteiger partial charge in [0.1, 0.15) is 11.9 Å². The van der Waals surface area contributed by atoms with Crippen LogP contribution in [0.15, 0.2) is 0 Å². The number of hydrogen-bond donors (Lipinski definition) is 0. The van der Waals surface area contributed by atoms with E-state index < -0.39 is 0 Å². The Labute approximate surface area is 100 Å². The molecule has 1 fully saturated rings. The van der Waals surface area contributed by atoms with Crippen molar-refractivity contribution in [1.29, 1.82) is 5.26 Å². The molecule has 0 N–H and O–H groups in total. The summed E-state index contributed by atoms with van der Waals surface area (Å²) >= 11 is 5.94. The molecular formula is C12H14ClN3. The van der Waals surface area contributed by atoms with Crippen LogP contribution in [0.1, 0.15) is 43.6 Å². The van der Waals surface area contributed by atoms with Crippen molar-refractivity contribution in [2.45, 2.75) is 45.1 Å². The van der Waals surface area contributed by atoms with Gasteiger partial charge in [-0.2, -0.15) is 5.26 Å². The molecule has 2 aliphatic rings. The fourth-order valence-electron chi connectivity index (χ4n) is 3.24. The van der Waals surface area contributed by atoms with Crippen LogP contribution in [0, 0.1) is 16.7 Å². The Morgan fingerprint density at radius 2 is 2.06 bits per heavy atom. The zero-order valence-electron chi connectivity index (χ0n) is 9.17. The summed E-state index contributed by atoms with van der Waals surface area (Å²) in [5, 5.41) is 9.44. The van der Waals surface area contributed by atoms with E-state index in [0.29, 0.717) is 16.3 Å². The molecule has 2 heterocycles. The summed E-state index contributed by atoms with van der Waals surface area (Å²) < 4.78 is 2.04. The molecule has 3 nitrogen and oxygen atoms in total. The van der Waals surface area contributed by atoms with Gasteiger partial charge in [0.05, 0.1) is 0 Å². The van der Waals surface area contributed by atoms with Crippen LogP contribution in [0.4, 0.5) is 0 Å². The Bertz CT molecular complexity index is 463. The van der Waals surface area contributed by atoms with E-state index in [9.17, 15) is 0 Å². The van der Waals surface area contributed by atoms with Crippen molar-refractivity contribution in [3.05, 3.63) is 16.7 Å². The van der Waals surface area contributed by atoms with Gasteiger partial charge in [-0.1, -0.05) is 30.9 Å².